The van der Waals surface area contributed by atoms with E-state index < -0.39 is 0 Å². The molecule has 1 aromatic carbocycles. The third kappa shape index (κ3) is 2.77. The Hall–Kier alpha value is -0.440. The second kappa shape index (κ2) is 3.97. The Labute approximate surface area is 94.3 Å². The predicted octanol–water partition coefficient (Wildman–Crippen LogP) is 2.91. The van der Waals surface area contributed by atoms with E-state index in [0.717, 1.165) is 10.0 Å². The van der Waals surface area contributed by atoms with Crippen LogP contribution in [0.3, 0.4) is 0 Å². The van der Waals surface area contributed by atoms with Crippen molar-refractivity contribution in [2.45, 2.75) is 6.54 Å². The van der Waals surface area contributed by atoms with E-state index in [9.17, 15) is 5.11 Å². The second-order valence-corrected chi connectivity index (χ2v) is 5.10. The Morgan fingerprint density at radius 3 is 2.29 bits per heavy atom. The number of aromatic hydroxyl groups is 1. The number of hydrogen-bond acceptors (Lipinski definition) is 1. The van der Waals surface area contributed by atoms with E-state index in [2.05, 4.69) is 0 Å². The fourth-order valence-corrected chi connectivity index (χ4v) is 1.56. The van der Waals surface area contributed by atoms with Gasteiger partial charge in [0.2, 0.25) is 0 Å². The minimum Gasteiger partial charge on any atom is -0.506 e. The summed E-state index contributed by atoms with van der Waals surface area (Å²) >= 11 is 11.6. The molecule has 4 heteroatoms. The monoisotopic (exact) mass is 234 g/mol. The average molecular weight is 235 g/mol. The molecule has 0 saturated heterocycles. The van der Waals surface area contributed by atoms with Crippen molar-refractivity contribution in [3.63, 3.8) is 0 Å². The fraction of sp³-hybridized carbons (Fsp3) is 0.400. The molecule has 78 valence electrons. The molecule has 0 atom stereocenters. The molecule has 1 rings (SSSR count). The van der Waals surface area contributed by atoms with Crippen LogP contribution in [-0.4, -0.2) is 30.7 Å². The molecule has 0 bridgehead atoms. The van der Waals surface area contributed by atoms with E-state index in [1.165, 1.54) is 0 Å². The van der Waals surface area contributed by atoms with E-state index in [4.69, 9.17) is 23.2 Å². The molecule has 0 unspecified atom stereocenters. The molecule has 0 saturated carbocycles. The molecule has 0 amide bonds. The predicted molar refractivity (Wildman–Crippen MR) is 59.9 cm³/mol. The van der Waals surface area contributed by atoms with Crippen LogP contribution < -0.4 is 0 Å². The molecule has 1 N–H and O–H groups in total. The quantitative estimate of drug-likeness (QED) is 0.781. The smallest absolute Gasteiger partial charge is 0.144 e. The van der Waals surface area contributed by atoms with Gasteiger partial charge in [-0.3, -0.25) is 0 Å². The molecule has 0 spiro atoms. The van der Waals surface area contributed by atoms with Crippen LogP contribution in [0.1, 0.15) is 5.56 Å². The SMILES string of the molecule is C[N+](C)(C)Cc1ccc(Cl)c(Cl)c1O. The summed E-state index contributed by atoms with van der Waals surface area (Å²) in [7, 11) is 6.13. The Balaban J connectivity index is 3.06. The molecule has 14 heavy (non-hydrogen) atoms. The zero-order valence-electron chi connectivity index (χ0n) is 8.51. The number of phenols is 1. The highest BCUT2D eigenvalue weighted by Crippen LogP contribution is 2.34. The van der Waals surface area contributed by atoms with Gasteiger partial charge < -0.3 is 9.59 Å². The highest BCUT2D eigenvalue weighted by atomic mass is 35.5. The number of quaternary nitrogens is 1. The van der Waals surface area contributed by atoms with Gasteiger partial charge in [-0.25, -0.2) is 0 Å². The van der Waals surface area contributed by atoms with Gasteiger partial charge in [-0.05, 0) is 12.1 Å². The van der Waals surface area contributed by atoms with Crippen LogP contribution in [0.4, 0.5) is 0 Å². The van der Waals surface area contributed by atoms with Crippen LogP contribution in [0.15, 0.2) is 12.1 Å². The first-order chi connectivity index (χ1) is 6.31. The average Bonchev–Trinajstić information content (AvgIpc) is 2.04. The summed E-state index contributed by atoms with van der Waals surface area (Å²) in [6.45, 7) is 0.711. The van der Waals surface area contributed by atoms with Crippen LogP contribution in [0, 0.1) is 0 Å². The molecule has 0 fully saturated rings. The Morgan fingerprint density at radius 2 is 1.79 bits per heavy atom. The Morgan fingerprint density at radius 1 is 1.21 bits per heavy atom. The lowest BCUT2D eigenvalue weighted by Gasteiger charge is -2.24. The third-order valence-electron chi connectivity index (χ3n) is 1.80. The van der Waals surface area contributed by atoms with E-state index in [0.29, 0.717) is 11.6 Å². The third-order valence-corrected chi connectivity index (χ3v) is 2.59. The number of benzene rings is 1. The van der Waals surface area contributed by atoms with Gasteiger partial charge in [0.15, 0.2) is 0 Å². The molecular formula is C10H14Cl2NO+. The molecular weight excluding hydrogens is 221 g/mol. The van der Waals surface area contributed by atoms with Crippen molar-refractivity contribution in [2.75, 3.05) is 21.1 Å². The summed E-state index contributed by atoms with van der Waals surface area (Å²) in [4.78, 5) is 0. The zero-order chi connectivity index (χ0) is 10.9. The summed E-state index contributed by atoms with van der Waals surface area (Å²) in [6.07, 6.45) is 0. The normalized spacial score (nSPS) is 11.8. The first-order valence-corrected chi connectivity index (χ1v) is 5.03. The van der Waals surface area contributed by atoms with Gasteiger partial charge in [-0.2, -0.15) is 0 Å². The summed E-state index contributed by atoms with van der Waals surface area (Å²) in [5.74, 6) is 0.0900. The Bertz CT molecular complexity index is 345. The van der Waals surface area contributed by atoms with Crippen molar-refractivity contribution in [3.8, 4) is 5.75 Å². The maximum absolute atomic E-state index is 9.72. The van der Waals surface area contributed by atoms with Gasteiger partial charge in [-0.1, -0.05) is 23.2 Å². The van der Waals surface area contributed by atoms with Gasteiger partial charge in [0, 0.05) is 5.56 Å². The summed E-state index contributed by atoms with van der Waals surface area (Å²) < 4.78 is 0.728. The number of halogens is 2. The highest BCUT2D eigenvalue weighted by molar-refractivity contribution is 6.43. The Kier molecular flexibility index (Phi) is 3.30. The lowest BCUT2D eigenvalue weighted by Crippen LogP contribution is -2.33. The number of rotatable bonds is 2. The topological polar surface area (TPSA) is 20.2 Å². The van der Waals surface area contributed by atoms with Crippen molar-refractivity contribution in [3.05, 3.63) is 27.7 Å². The number of hydrogen-bond donors (Lipinski definition) is 1. The van der Waals surface area contributed by atoms with E-state index in [1.807, 2.05) is 21.1 Å². The molecule has 0 aromatic heterocycles. The summed E-state index contributed by atoms with van der Waals surface area (Å²) in [6, 6.07) is 3.50. The molecule has 0 aliphatic rings. The van der Waals surface area contributed by atoms with Crippen LogP contribution in [0.25, 0.3) is 0 Å². The number of phenolic OH excluding ortho intramolecular Hbond substituents is 1. The van der Waals surface area contributed by atoms with Crippen molar-refractivity contribution in [2.24, 2.45) is 0 Å². The van der Waals surface area contributed by atoms with Gasteiger partial charge in [0.1, 0.15) is 17.3 Å². The lowest BCUT2D eigenvalue weighted by atomic mass is 10.2. The van der Waals surface area contributed by atoms with E-state index in [1.54, 1.807) is 12.1 Å². The van der Waals surface area contributed by atoms with Gasteiger partial charge >= 0.3 is 0 Å². The van der Waals surface area contributed by atoms with Crippen LogP contribution >= 0.6 is 23.2 Å². The van der Waals surface area contributed by atoms with Crippen LogP contribution in [-0.2, 0) is 6.54 Å². The van der Waals surface area contributed by atoms with Gasteiger partial charge in [0.25, 0.3) is 0 Å². The van der Waals surface area contributed by atoms with Crippen LogP contribution in [0.2, 0.25) is 10.0 Å². The minimum atomic E-state index is 0.0900. The van der Waals surface area contributed by atoms with E-state index >= 15 is 0 Å². The molecule has 0 aliphatic heterocycles. The van der Waals surface area contributed by atoms with Gasteiger partial charge in [0.05, 0.1) is 26.2 Å². The standard InChI is InChI=1S/C10H13Cl2NO/c1-13(2,3)6-7-4-5-8(11)9(12)10(7)14/h4-5H,6H2,1-3H3/p+1. The zero-order valence-corrected chi connectivity index (χ0v) is 10.0. The van der Waals surface area contributed by atoms with Crippen LogP contribution in [0.5, 0.6) is 5.75 Å². The van der Waals surface area contributed by atoms with E-state index in [-0.39, 0.29) is 10.8 Å². The largest absolute Gasteiger partial charge is 0.506 e. The minimum absolute atomic E-state index is 0.0900. The molecule has 0 heterocycles. The van der Waals surface area contributed by atoms with Crippen molar-refractivity contribution in [1.82, 2.24) is 0 Å². The summed E-state index contributed by atoms with van der Waals surface area (Å²) in [5.41, 5.74) is 0.812. The van der Waals surface area contributed by atoms with Gasteiger partial charge in [-0.15, -0.1) is 0 Å². The number of nitrogens with zero attached hydrogens (tertiary/aromatic N) is 1. The second-order valence-electron chi connectivity index (χ2n) is 4.32. The molecule has 0 radical (unpaired) electrons. The van der Waals surface area contributed by atoms with Crippen molar-refractivity contribution in [1.29, 1.82) is 0 Å². The maximum Gasteiger partial charge on any atom is 0.144 e. The molecule has 0 aliphatic carbocycles. The molecule has 1 aromatic rings. The molecule has 2 nitrogen and oxygen atoms in total. The first-order valence-electron chi connectivity index (χ1n) is 4.27. The maximum atomic E-state index is 9.72. The summed E-state index contributed by atoms with van der Waals surface area (Å²) in [5, 5.41) is 10.3. The van der Waals surface area contributed by atoms with Crippen molar-refractivity contribution < 1.29 is 9.59 Å². The van der Waals surface area contributed by atoms with Crippen molar-refractivity contribution >= 4 is 23.2 Å². The highest BCUT2D eigenvalue weighted by Gasteiger charge is 2.15. The lowest BCUT2D eigenvalue weighted by molar-refractivity contribution is -0.884. The first kappa shape index (κ1) is 11.6. The fourth-order valence-electron chi connectivity index (χ4n) is 1.22.